The van der Waals surface area contributed by atoms with E-state index in [0.29, 0.717) is 40.4 Å². The number of aryl methyl sites for hydroxylation is 1. The molecular weight excluding hydrogens is 752 g/mol. The predicted molar refractivity (Wildman–Crippen MR) is 231 cm³/mol. The molecule has 7 aromatic rings. The molecule has 0 aliphatic heterocycles. The second kappa shape index (κ2) is 27.5. The van der Waals surface area contributed by atoms with Crippen LogP contribution in [-0.4, -0.2) is 42.8 Å². The lowest BCUT2D eigenvalue weighted by Crippen LogP contribution is -1.87. The van der Waals surface area contributed by atoms with Crippen LogP contribution in [0.1, 0.15) is 100 Å². The van der Waals surface area contributed by atoms with Crippen molar-refractivity contribution in [1.82, 2.24) is 0 Å². The molecule has 0 saturated carbocycles. The number of phenolic OH excluding ortho intramolecular Hbond substituents is 1. The smallest absolute Gasteiger partial charge is 0.185 e. The summed E-state index contributed by atoms with van der Waals surface area (Å²) in [6, 6.07) is 45.5. The highest BCUT2D eigenvalue weighted by Gasteiger charge is 1.98. The van der Waals surface area contributed by atoms with Crippen LogP contribution < -0.4 is 0 Å². The molecule has 0 fully saturated rings. The van der Waals surface area contributed by atoms with Crippen LogP contribution in [0.2, 0.25) is 5.02 Å². The largest absolute Gasteiger partial charge is 0.507 e. The molecule has 6 aromatic carbocycles. The van der Waals surface area contributed by atoms with Gasteiger partial charge in [-0.25, -0.2) is 0 Å². The summed E-state index contributed by atoms with van der Waals surface area (Å²) in [7, 11) is 0. The van der Waals surface area contributed by atoms with Crippen molar-refractivity contribution < 1.29 is 38.3 Å². The molecule has 9 heteroatoms. The third-order valence-electron chi connectivity index (χ3n) is 7.97. The van der Waals surface area contributed by atoms with E-state index in [1.54, 1.807) is 54.6 Å². The Morgan fingerprint density at radius 1 is 0.534 bits per heavy atom. The van der Waals surface area contributed by atoms with E-state index in [-0.39, 0.29) is 5.75 Å². The van der Waals surface area contributed by atoms with E-state index in [4.69, 9.17) is 16.7 Å². The number of hydrogen-bond acceptors (Lipinski definition) is 8. The molecule has 0 unspecified atom stereocenters. The lowest BCUT2D eigenvalue weighted by molar-refractivity contribution is 0.109. The third kappa shape index (κ3) is 17.2. The second-order valence-electron chi connectivity index (χ2n) is 12.3. The van der Waals surface area contributed by atoms with Crippen LogP contribution in [0, 0.1) is 0 Å². The van der Waals surface area contributed by atoms with Gasteiger partial charge in [0.1, 0.15) is 18.3 Å². The number of phenols is 1. The predicted octanol–water partition coefficient (Wildman–Crippen LogP) is 11.8. The Hall–Kier alpha value is -7.03. The molecule has 296 valence electrons. The summed E-state index contributed by atoms with van der Waals surface area (Å²) in [6.07, 6.45) is 7.13. The van der Waals surface area contributed by atoms with Gasteiger partial charge in [0.2, 0.25) is 0 Å². The molecular formula is C49H45ClO8. The molecule has 8 nitrogen and oxygen atoms in total. The monoisotopic (exact) mass is 796 g/mol. The lowest BCUT2D eigenvalue weighted by Gasteiger charge is -2.03. The Bertz CT molecular complexity index is 2220. The highest BCUT2D eigenvalue weighted by Crippen LogP contribution is 2.17. The summed E-state index contributed by atoms with van der Waals surface area (Å²) in [5.41, 5.74) is 5.66. The SMILES string of the molecule is CC(C)c1ccc(C=O)cc1.CCc1ccc(C=O)cc1.O=Cc1cccc2ccccc12.O=Cc1ccccc1Cl.O=Cc1ccccc1O.O=Cc1ccco1. The maximum absolute atomic E-state index is 10.6. The van der Waals surface area contributed by atoms with Crippen molar-refractivity contribution in [2.75, 3.05) is 0 Å². The molecule has 0 atom stereocenters. The topological polar surface area (TPSA) is 136 Å². The normalized spacial score (nSPS) is 9.40. The summed E-state index contributed by atoms with van der Waals surface area (Å²) in [5.74, 6) is 0.947. The van der Waals surface area contributed by atoms with Gasteiger partial charge in [0.25, 0.3) is 0 Å². The second-order valence-corrected chi connectivity index (χ2v) is 12.7. The van der Waals surface area contributed by atoms with Crippen molar-refractivity contribution in [2.45, 2.75) is 33.1 Å². The molecule has 1 heterocycles. The maximum Gasteiger partial charge on any atom is 0.185 e. The van der Waals surface area contributed by atoms with Gasteiger partial charge in [-0.2, -0.15) is 0 Å². The summed E-state index contributed by atoms with van der Waals surface area (Å²) >= 11 is 5.59. The first-order chi connectivity index (χ1) is 28.1. The fraction of sp³-hybridized carbons (Fsp3) is 0.102. The quantitative estimate of drug-likeness (QED) is 0.150. The molecule has 0 aliphatic rings. The molecule has 0 spiro atoms. The van der Waals surface area contributed by atoms with Crippen LogP contribution >= 0.6 is 11.6 Å². The number of halogens is 1. The van der Waals surface area contributed by atoms with Gasteiger partial charge in [-0.3, -0.25) is 28.8 Å². The Kier molecular flexibility index (Phi) is 22.4. The Labute approximate surface area is 343 Å². The average molecular weight is 797 g/mol. The summed E-state index contributed by atoms with van der Waals surface area (Å²) < 4.78 is 4.61. The minimum absolute atomic E-state index is 0.0347. The van der Waals surface area contributed by atoms with E-state index in [1.807, 2.05) is 91.0 Å². The zero-order valence-electron chi connectivity index (χ0n) is 32.4. The molecule has 0 saturated heterocycles. The summed E-state index contributed by atoms with van der Waals surface area (Å²) in [6.45, 7) is 6.36. The van der Waals surface area contributed by atoms with Gasteiger partial charge in [0.15, 0.2) is 30.9 Å². The highest BCUT2D eigenvalue weighted by molar-refractivity contribution is 6.32. The van der Waals surface area contributed by atoms with Gasteiger partial charge >= 0.3 is 0 Å². The van der Waals surface area contributed by atoms with Crippen LogP contribution in [-0.2, 0) is 6.42 Å². The first-order valence-electron chi connectivity index (χ1n) is 18.1. The molecule has 58 heavy (non-hydrogen) atoms. The zero-order chi connectivity index (χ0) is 42.5. The van der Waals surface area contributed by atoms with Gasteiger partial charge in [-0.15, -0.1) is 0 Å². The average Bonchev–Trinajstić information content (AvgIpc) is 3.82. The minimum Gasteiger partial charge on any atom is -0.507 e. The van der Waals surface area contributed by atoms with Crippen LogP contribution in [0.15, 0.2) is 162 Å². The van der Waals surface area contributed by atoms with Crippen molar-refractivity contribution in [1.29, 1.82) is 0 Å². The minimum atomic E-state index is 0.0347. The summed E-state index contributed by atoms with van der Waals surface area (Å²) in [5, 5.41) is 11.5. The number of aromatic hydroxyl groups is 1. The van der Waals surface area contributed by atoms with E-state index in [9.17, 15) is 28.8 Å². The first-order valence-corrected chi connectivity index (χ1v) is 18.5. The fourth-order valence-electron chi connectivity index (χ4n) is 4.66. The number of hydrogen-bond donors (Lipinski definition) is 1. The van der Waals surface area contributed by atoms with Crippen LogP contribution in [0.25, 0.3) is 10.8 Å². The van der Waals surface area contributed by atoms with Gasteiger partial charge < -0.3 is 9.52 Å². The Balaban J connectivity index is 0.000000242. The van der Waals surface area contributed by atoms with Gasteiger partial charge in [0, 0.05) is 22.3 Å². The number of benzene rings is 6. The highest BCUT2D eigenvalue weighted by atomic mass is 35.5. The number of carbonyl (C=O) groups is 6. The maximum atomic E-state index is 10.6. The number of carbonyl (C=O) groups excluding carboxylic acids is 6. The van der Waals surface area contributed by atoms with E-state index in [0.717, 1.165) is 59.0 Å². The lowest BCUT2D eigenvalue weighted by atomic mass is 10.0. The molecule has 1 N–H and O–H groups in total. The Morgan fingerprint density at radius 2 is 1.05 bits per heavy atom. The number of furan rings is 1. The number of rotatable bonds is 8. The molecule has 7 rings (SSSR count). The van der Waals surface area contributed by atoms with Gasteiger partial charge in [0.05, 0.1) is 16.8 Å². The molecule has 0 bridgehead atoms. The van der Waals surface area contributed by atoms with E-state index < -0.39 is 0 Å². The fourth-order valence-corrected chi connectivity index (χ4v) is 4.84. The van der Waals surface area contributed by atoms with Crippen LogP contribution in [0.4, 0.5) is 0 Å². The number of fused-ring (bicyclic) bond motifs is 1. The van der Waals surface area contributed by atoms with E-state index >= 15 is 0 Å². The van der Waals surface area contributed by atoms with Crippen molar-refractivity contribution in [2.24, 2.45) is 0 Å². The molecule has 0 aliphatic carbocycles. The molecule has 0 amide bonds. The third-order valence-corrected chi connectivity index (χ3v) is 8.31. The van der Waals surface area contributed by atoms with Gasteiger partial charge in [-0.05, 0) is 64.6 Å². The Morgan fingerprint density at radius 3 is 1.50 bits per heavy atom. The number of aldehydes is 6. The van der Waals surface area contributed by atoms with Crippen LogP contribution in [0.5, 0.6) is 5.75 Å². The van der Waals surface area contributed by atoms with Crippen molar-refractivity contribution in [3.63, 3.8) is 0 Å². The van der Waals surface area contributed by atoms with Crippen molar-refractivity contribution in [3.8, 4) is 5.75 Å². The van der Waals surface area contributed by atoms with Crippen LogP contribution in [0.3, 0.4) is 0 Å². The van der Waals surface area contributed by atoms with Crippen molar-refractivity contribution >= 4 is 60.1 Å². The standard InChI is InChI=1S/C11H8O.C10H12O.C9H10O.C7H5ClO.C7H6O2.C5H4O2/c12-8-10-6-3-5-9-4-1-2-7-11(9)10;1-8(2)10-5-3-9(7-11)4-6-10;1-2-8-3-5-9(7-10)6-4-8;8-7-4-2-1-3-6(7)5-9;8-5-6-3-1-2-4-7(6)9;6-4-5-2-1-3-7-5/h1-8H;3-8H,1-2H3;3-7H,2H2,1H3;1-5H;1-5,9H;1-4H. The van der Waals surface area contributed by atoms with Gasteiger partial charge in [-0.1, -0.05) is 154 Å². The zero-order valence-corrected chi connectivity index (χ0v) is 33.2. The summed E-state index contributed by atoms with van der Waals surface area (Å²) in [4.78, 5) is 61.1. The number of para-hydroxylation sites is 1. The molecule has 0 radical (unpaired) electrons. The van der Waals surface area contributed by atoms with E-state index in [1.165, 1.54) is 23.5 Å². The first kappa shape index (κ1) is 47.1. The van der Waals surface area contributed by atoms with E-state index in [2.05, 4.69) is 25.2 Å². The van der Waals surface area contributed by atoms with Crippen molar-refractivity contribution in [3.05, 3.63) is 208 Å². The molecule has 1 aromatic heterocycles.